The Morgan fingerprint density at radius 1 is 1.14 bits per heavy atom. The van der Waals surface area contributed by atoms with Crippen LogP contribution in [0.5, 0.6) is 11.5 Å². The first kappa shape index (κ1) is 24.8. The summed E-state index contributed by atoms with van der Waals surface area (Å²) in [5.41, 5.74) is 1.09. The van der Waals surface area contributed by atoms with Crippen molar-refractivity contribution >= 4 is 29.9 Å². The number of rotatable bonds is 9. The molecule has 2 N–H and O–H groups in total. The normalized spacial score (nSPS) is 15.6. The molecule has 28 heavy (non-hydrogen) atoms. The average molecular weight is 504 g/mol. The van der Waals surface area contributed by atoms with E-state index < -0.39 is 0 Å². The van der Waals surface area contributed by atoms with Crippen molar-refractivity contribution in [3.05, 3.63) is 23.8 Å². The third-order valence-corrected chi connectivity index (χ3v) is 5.03. The van der Waals surface area contributed by atoms with Crippen LogP contribution in [0.4, 0.5) is 0 Å². The lowest BCUT2D eigenvalue weighted by atomic mass is 9.99. The van der Waals surface area contributed by atoms with Crippen LogP contribution in [0.1, 0.15) is 38.7 Å². The maximum Gasteiger partial charge on any atom is 0.191 e. The summed E-state index contributed by atoms with van der Waals surface area (Å²) in [5.74, 6) is 3.23. The fraction of sp³-hybridized carbons (Fsp3) is 0.667. The first-order valence-corrected chi connectivity index (χ1v) is 10.1. The standard InChI is InChI=1S/C21H36N4O2.HI/c1-5-22-21(23-11-6-12-25-13-9-17(2)10-14-25)24-16-18-7-8-19(26-3)20(15-18)27-4;/h7-8,15,17H,5-6,9-14,16H2,1-4H3,(H2,22,23,24);1H. The van der Waals surface area contributed by atoms with Crippen LogP contribution in [-0.4, -0.2) is 57.8 Å². The smallest absolute Gasteiger partial charge is 0.191 e. The molecule has 1 aliphatic rings. The van der Waals surface area contributed by atoms with Gasteiger partial charge in [0.15, 0.2) is 17.5 Å². The average Bonchev–Trinajstić information content (AvgIpc) is 2.70. The molecule has 0 amide bonds. The van der Waals surface area contributed by atoms with Gasteiger partial charge in [0, 0.05) is 13.1 Å². The molecule has 0 aliphatic carbocycles. The highest BCUT2D eigenvalue weighted by Gasteiger charge is 2.14. The van der Waals surface area contributed by atoms with E-state index in [2.05, 4.69) is 29.4 Å². The second-order valence-corrected chi connectivity index (χ2v) is 7.19. The summed E-state index contributed by atoms with van der Waals surface area (Å²) in [6.45, 7) is 10.5. The van der Waals surface area contributed by atoms with Crippen LogP contribution < -0.4 is 20.1 Å². The summed E-state index contributed by atoms with van der Waals surface area (Å²) in [6.07, 6.45) is 3.81. The van der Waals surface area contributed by atoms with E-state index in [1.54, 1.807) is 14.2 Å². The first-order chi connectivity index (χ1) is 13.2. The molecular weight excluding hydrogens is 467 g/mol. The topological polar surface area (TPSA) is 58.1 Å². The second-order valence-electron chi connectivity index (χ2n) is 7.19. The number of methoxy groups -OCH3 is 2. The summed E-state index contributed by atoms with van der Waals surface area (Å²) >= 11 is 0. The van der Waals surface area contributed by atoms with Gasteiger partial charge in [-0.15, -0.1) is 24.0 Å². The molecule has 1 fully saturated rings. The highest BCUT2D eigenvalue weighted by Crippen LogP contribution is 2.27. The SMILES string of the molecule is CCNC(=NCc1ccc(OC)c(OC)c1)NCCCN1CCC(C)CC1.I. The van der Waals surface area contributed by atoms with Crippen molar-refractivity contribution in [2.75, 3.05) is 46.9 Å². The Balaban J connectivity index is 0.00000392. The number of hydrogen-bond acceptors (Lipinski definition) is 4. The van der Waals surface area contributed by atoms with Crippen LogP contribution in [0.25, 0.3) is 0 Å². The molecule has 1 heterocycles. The van der Waals surface area contributed by atoms with E-state index >= 15 is 0 Å². The summed E-state index contributed by atoms with van der Waals surface area (Å²) in [5, 5.41) is 6.76. The lowest BCUT2D eigenvalue weighted by Crippen LogP contribution is -2.39. The second kappa shape index (κ2) is 13.9. The molecule has 0 saturated carbocycles. The van der Waals surface area contributed by atoms with Crippen molar-refractivity contribution in [1.82, 2.24) is 15.5 Å². The Hall–Kier alpha value is -1.22. The molecular formula is C21H37IN4O2. The van der Waals surface area contributed by atoms with Crippen LogP contribution in [0, 0.1) is 5.92 Å². The van der Waals surface area contributed by atoms with Crippen molar-refractivity contribution in [2.24, 2.45) is 10.9 Å². The van der Waals surface area contributed by atoms with Gasteiger partial charge in [-0.3, -0.25) is 0 Å². The highest BCUT2D eigenvalue weighted by atomic mass is 127. The number of nitrogens with zero attached hydrogens (tertiary/aromatic N) is 2. The number of likely N-dealkylation sites (tertiary alicyclic amines) is 1. The fourth-order valence-corrected chi connectivity index (χ4v) is 3.29. The zero-order valence-electron chi connectivity index (χ0n) is 17.8. The Labute approximate surface area is 187 Å². The monoisotopic (exact) mass is 504 g/mol. The van der Waals surface area contributed by atoms with Crippen LogP contribution >= 0.6 is 24.0 Å². The molecule has 7 heteroatoms. The molecule has 1 aliphatic heterocycles. The van der Waals surface area contributed by atoms with Crippen molar-refractivity contribution in [2.45, 2.75) is 39.7 Å². The van der Waals surface area contributed by atoms with Crippen LogP contribution in [0.2, 0.25) is 0 Å². The maximum absolute atomic E-state index is 5.37. The van der Waals surface area contributed by atoms with E-state index in [9.17, 15) is 0 Å². The molecule has 1 aromatic rings. The van der Waals surface area contributed by atoms with Crippen molar-refractivity contribution in [3.63, 3.8) is 0 Å². The van der Waals surface area contributed by atoms with E-state index in [0.29, 0.717) is 6.54 Å². The van der Waals surface area contributed by atoms with E-state index in [1.165, 1.54) is 25.9 Å². The van der Waals surface area contributed by atoms with Gasteiger partial charge in [-0.1, -0.05) is 13.0 Å². The summed E-state index contributed by atoms with van der Waals surface area (Å²) in [7, 11) is 3.30. The Morgan fingerprint density at radius 2 is 1.86 bits per heavy atom. The van der Waals surface area contributed by atoms with E-state index in [1.807, 2.05) is 18.2 Å². The number of guanidine groups is 1. The lowest BCUT2D eigenvalue weighted by molar-refractivity contribution is 0.191. The minimum atomic E-state index is 0. The summed E-state index contributed by atoms with van der Waals surface area (Å²) in [6, 6.07) is 5.92. The van der Waals surface area contributed by atoms with Crippen LogP contribution in [-0.2, 0) is 6.54 Å². The Morgan fingerprint density at radius 3 is 2.50 bits per heavy atom. The molecule has 160 valence electrons. The zero-order chi connectivity index (χ0) is 19.5. The molecule has 0 spiro atoms. The van der Waals surface area contributed by atoms with Gasteiger partial charge < -0.3 is 25.0 Å². The maximum atomic E-state index is 5.37. The number of halogens is 1. The minimum Gasteiger partial charge on any atom is -0.493 e. The minimum absolute atomic E-state index is 0. The van der Waals surface area contributed by atoms with Crippen molar-refractivity contribution in [1.29, 1.82) is 0 Å². The summed E-state index contributed by atoms with van der Waals surface area (Å²) in [4.78, 5) is 7.27. The molecule has 6 nitrogen and oxygen atoms in total. The summed E-state index contributed by atoms with van der Waals surface area (Å²) < 4.78 is 10.7. The molecule has 1 aromatic carbocycles. The van der Waals surface area contributed by atoms with Gasteiger partial charge in [0.05, 0.1) is 20.8 Å². The zero-order valence-corrected chi connectivity index (χ0v) is 20.1. The highest BCUT2D eigenvalue weighted by molar-refractivity contribution is 14.0. The molecule has 0 unspecified atom stereocenters. The number of benzene rings is 1. The van der Waals surface area contributed by atoms with Gasteiger partial charge in [0.2, 0.25) is 0 Å². The van der Waals surface area contributed by atoms with E-state index in [-0.39, 0.29) is 24.0 Å². The fourth-order valence-electron chi connectivity index (χ4n) is 3.29. The molecule has 0 aromatic heterocycles. The third-order valence-electron chi connectivity index (χ3n) is 5.03. The molecule has 0 radical (unpaired) electrons. The van der Waals surface area contributed by atoms with Crippen molar-refractivity contribution in [3.8, 4) is 11.5 Å². The van der Waals surface area contributed by atoms with Gasteiger partial charge in [0.25, 0.3) is 0 Å². The van der Waals surface area contributed by atoms with Gasteiger partial charge in [-0.2, -0.15) is 0 Å². The lowest BCUT2D eigenvalue weighted by Gasteiger charge is -2.30. The quantitative estimate of drug-likeness (QED) is 0.234. The number of nitrogens with one attached hydrogen (secondary N) is 2. The molecule has 0 atom stereocenters. The van der Waals surface area contributed by atoms with Gasteiger partial charge in [-0.25, -0.2) is 4.99 Å². The van der Waals surface area contributed by atoms with E-state index in [4.69, 9.17) is 14.5 Å². The van der Waals surface area contributed by atoms with E-state index in [0.717, 1.165) is 55.0 Å². The molecule has 2 rings (SSSR count). The third kappa shape index (κ3) is 8.43. The largest absolute Gasteiger partial charge is 0.493 e. The predicted octanol–water partition coefficient (Wildman–Crippen LogP) is 3.50. The van der Waals surface area contributed by atoms with Gasteiger partial charge in [-0.05, 0) is 69.4 Å². The Bertz CT molecular complexity index is 590. The number of aliphatic imine (C=N–C) groups is 1. The molecule has 0 bridgehead atoms. The van der Waals surface area contributed by atoms with Crippen molar-refractivity contribution < 1.29 is 9.47 Å². The first-order valence-electron chi connectivity index (χ1n) is 10.1. The molecule has 1 saturated heterocycles. The van der Waals surface area contributed by atoms with Crippen LogP contribution in [0.15, 0.2) is 23.2 Å². The van der Waals surface area contributed by atoms with Gasteiger partial charge in [0.1, 0.15) is 0 Å². The van der Waals surface area contributed by atoms with Gasteiger partial charge >= 0.3 is 0 Å². The Kier molecular flexibility index (Phi) is 12.3. The number of hydrogen-bond donors (Lipinski definition) is 2. The number of ether oxygens (including phenoxy) is 2. The van der Waals surface area contributed by atoms with Crippen LogP contribution in [0.3, 0.4) is 0 Å². The number of piperidine rings is 1. The predicted molar refractivity (Wildman–Crippen MR) is 127 cm³/mol.